The average Bonchev–Trinajstić information content (AvgIpc) is 2.35. The van der Waals surface area contributed by atoms with Crippen molar-refractivity contribution >= 4 is 23.0 Å². The molecule has 16 heavy (non-hydrogen) atoms. The molecule has 0 aliphatic rings. The van der Waals surface area contributed by atoms with Crippen LogP contribution in [-0.2, 0) is 4.79 Å². The van der Waals surface area contributed by atoms with Gasteiger partial charge in [0.1, 0.15) is 0 Å². The van der Waals surface area contributed by atoms with E-state index in [9.17, 15) is 4.79 Å². The van der Waals surface area contributed by atoms with Crippen LogP contribution in [0.2, 0.25) is 0 Å². The summed E-state index contributed by atoms with van der Waals surface area (Å²) in [7, 11) is 0. The molecule has 0 unspecified atom stereocenters. The number of nitrogens with zero attached hydrogens (tertiary/aromatic N) is 2. The second-order valence-electron chi connectivity index (χ2n) is 3.09. The fraction of sp³-hybridized carbons (Fsp3) is 0. The number of para-hydroxylation sites is 2. The Morgan fingerprint density at radius 1 is 1.31 bits per heavy atom. The highest BCUT2D eigenvalue weighted by Crippen LogP contribution is 2.08. The maximum absolute atomic E-state index is 10.8. The van der Waals surface area contributed by atoms with Crippen LogP contribution in [0.3, 0.4) is 0 Å². The van der Waals surface area contributed by atoms with Gasteiger partial charge in [0.15, 0.2) is 0 Å². The molecule has 0 radical (unpaired) electrons. The number of hydroxylamine groups is 1. The smallest absolute Gasteiger partial charge is 0.267 e. The SMILES string of the molecule is O=C(/C=C/c1cnc2ccccc2n1)NO. The molecule has 0 saturated carbocycles. The van der Waals surface area contributed by atoms with E-state index in [2.05, 4.69) is 9.97 Å². The van der Waals surface area contributed by atoms with E-state index in [4.69, 9.17) is 5.21 Å². The van der Waals surface area contributed by atoms with E-state index in [1.54, 1.807) is 6.20 Å². The van der Waals surface area contributed by atoms with Crippen LogP contribution in [0.15, 0.2) is 36.5 Å². The van der Waals surface area contributed by atoms with Gasteiger partial charge in [-0.1, -0.05) is 12.1 Å². The molecule has 1 aromatic heterocycles. The lowest BCUT2D eigenvalue weighted by atomic mass is 10.3. The first-order valence-corrected chi connectivity index (χ1v) is 4.63. The molecule has 1 aromatic carbocycles. The Bertz CT molecular complexity index is 552. The molecule has 0 aliphatic heterocycles. The van der Waals surface area contributed by atoms with Gasteiger partial charge in [0.25, 0.3) is 5.91 Å². The molecule has 2 aromatic rings. The lowest BCUT2D eigenvalue weighted by molar-refractivity contribution is -0.124. The highest BCUT2D eigenvalue weighted by molar-refractivity contribution is 5.90. The first-order chi connectivity index (χ1) is 7.79. The molecule has 2 N–H and O–H groups in total. The van der Waals surface area contributed by atoms with Crippen molar-refractivity contribution in [1.82, 2.24) is 15.4 Å². The molecule has 5 nitrogen and oxygen atoms in total. The number of fused-ring (bicyclic) bond motifs is 1. The van der Waals surface area contributed by atoms with Gasteiger partial charge in [0, 0.05) is 6.08 Å². The predicted molar refractivity (Wildman–Crippen MR) is 58.5 cm³/mol. The standard InChI is InChI=1S/C11H9N3O2/c15-11(14-16)6-5-8-7-12-9-3-1-2-4-10(9)13-8/h1-7,16H,(H,14,15)/b6-5+. The summed E-state index contributed by atoms with van der Waals surface area (Å²) in [6.07, 6.45) is 4.22. The number of carbonyl (C=O) groups is 1. The van der Waals surface area contributed by atoms with Crippen molar-refractivity contribution in [2.75, 3.05) is 0 Å². The molecular weight excluding hydrogens is 206 g/mol. The highest BCUT2D eigenvalue weighted by atomic mass is 16.5. The Hall–Kier alpha value is -2.27. The lowest BCUT2D eigenvalue weighted by Crippen LogP contribution is -2.14. The van der Waals surface area contributed by atoms with Gasteiger partial charge < -0.3 is 0 Å². The Morgan fingerprint density at radius 2 is 2.06 bits per heavy atom. The summed E-state index contributed by atoms with van der Waals surface area (Å²) < 4.78 is 0. The minimum absolute atomic E-state index is 0.558. The Balaban J connectivity index is 2.33. The van der Waals surface area contributed by atoms with Crippen LogP contribution in [0.4, 0.5) is 0 Å². The monoisotopic (exact) mass is 215 g/mol. The average molecular weight is 215 g/mol. The zero-order chi connectivity index (χ0) is 11.4. The van der Waals surface area contributed by atoms with Gasteiger partial charge in [0.05, 0.1) is 22.9 Å². The van der Waals surface area contributed by atoms with Crippen LogP contribution in [0.25, 0.3) is 17.1 Å². The van der Waals surface area contributed by atoms with Gasteiger partial charge in [-0.3, -0.25) is 15.0 Å². The lowest BCUT2D eigenvalue weighted by Gasteiger charge is -1.97. The van der Waals surface area contributed by atoms with E-state index in [1.807, 2.05) is 24.3 Å². The largest absolute Gasteiger partial charge is 0.288 e. The number of carbonyl (C=O) groups excluding carboxylic acids is 1. The maximum atomic E-state index is 10.8. The quantitative estimate of drug-likeness (QED) is 0.447. The third-order valence-electron chi connectivity index (χ3n) is 1.98. The van der Waals surface area contributed by atoms with Crippen LogP contribution in [0, 0.1) is 0 Å². The Kier molecular flexibility index (Phi) is 2.88. The number of nitrogens with one attached hydrogen (secondary N) is 1. The number of benzene rings is 1. The van der Waals surface area contributed by atoms with Crippen molar-refractivity contribution in [1.29, 1.82) is 0 Å². The number of amides is 1. The van der Waals surface area contributed by atoms with E-state index in [0.29, 0.717) is 5.69 Å². The number of hydrogen-bond donors (Lipinski definition) is 2. The molecule has 2 rings (SSSR count). The van der Waals surface area contributed by atoms with Crippen LogP contribution in [0.5, 0.6) is 0 Å². The Labute approximate surface area is 91.4 Å². The number of aromatic nitrogens is 2. The van der Waals surface area contributed by atoms with Crippen molar-refractivity contribution < 1.29 is 10.0 Å². The van der Waals surface area contributed by atoms with Gasteiger partial charge in [-0.2, -0.15) is 0 Å². The molecule has 0 aliphatic carbocycles. The number of rotatable bonds is 2. The van der Waals surface area contributed by atoms with Crippen molar-refractivity contribution in [3.05, 3.63) is 42.2 Å². The molecule has 0 saturated heterocycles. The summed E-state index contributed by atoms with van der Waals surface area (Å²) in [5.41, 5.74) is 3.61. The fourth-order valence-electron chi connectivity index (χ4n) is 1.25. The van der Waals surface area contributed by atoms with E-state index in [0.717, 1.165) is 11.0 Å². The minimum atomic E-state index is -0.602. The summed E-state index contributed by atoms with van der Waals surface area (Å²) in [5.74, 6) is -0.602. The first kappa shape index (κ1) is 10.3. The van der Waals surface area contributed by atoms with Crippen molar-refractivity contribution in [2.45, 2.75) is 0 Å². The van der Waals surface area contributed by atoms with Crippen LogP contribution >= 0.6 is 0 Å². The second kappa shape index (κ2) is 4.50. The minimum Gasteiger partial charge on any atom is -0.288 e. The first-order valence-electron chi connectivity index (χ1n) is 4.63. The third-order valence-corrected chi connectivity index (χ3v) is 1.98. The van der Waals surface area contributed by atoms with Crippen molar-refractivity contribution in [2.24, 2.45) is 0 Å². The summed E-state index contributed by atoms with van der Waals surface area (Å²) in [4.78, 5) is 19.2. The van der Waals surface area contributed by atoms with Crippen molar-refractivity contribution in [3.63, 3.8) is 0 Å². The fourth-order valence-corrected chi connectivity index (χ4v) is 1.25. The van der Waals surface area contributed by atoms with E-state index >= 15 is 0 Å². The van der Waals surface area contributed by atoms with Gasteiger partial charge >= 0.3 is 0 Å². The van der Waals surface area contributed by atoms with Crippen LogP contribution in [-0.4, -0.2) is 21.1 Å². The molecule has 0 bridgehead atoms. The molecule has 5 heteroatoms. The molecule has 0 atom stereocenters. The van der Waals surface area contributed by atoms with E-state index < -0.39 is 5.91 Å². The third kappa shape index (κ3) is 2.21. The summed E-state index contributed by atoms with van der Waals surface area (Å²) in [6.45, 7) is 0. The molecule has 0 spiro atoms. The maximum Gasteiger partial charge on any atom is 0.267 e. The normalized spacial score (nSPS) is 10.8. The summed E-state index contributed by atoms with van der Waals surface area (Å²) in [5, 5.41) is 8.30. The summed E-state index contributed by atoms with van der Waals surface area (Å²) >= 11 is 0. The van der Waals surface area contributed by atoms with Gasteiger partial charge in [-0.25, -0.2) is 10.5 Å². The molecule has 0 fully saturated rings. The van der Waals surface area contributed by atoms with Crippen LogP contribution < -0.4 is 5.48 Å². The van der Waals surface area contributed by atoms with Gasteiger partial charge in [-0.15, -0.1) is 0 Å². The molecule has 1 heterocycles. The van der Waals surface area contributed by atoms with E-state index in [1.165, 1.54) is 17.6 Å². The topological polar surface area (TPSA) is 75.1 Å². The van der Waals surface area contributed by atoms with Crippen molar-refractivity contribution in [3.8, 4) is 0 Å². The molecule has 80 valence electrons. The van der Waals surface area contributed by atoms with E-state index in [-0.39, 0.29) is 0 Å². The van der Waals surface area contributed by atoms with Gasteiger partial charge in [-0.05, 0) is 18.2 Å². The molecule has 1 amide bonds. The summed E-state index contributed by atoms with van der Waals surface area (Å²) in [6, 6.07) is 7.44. The van der Waals surface area contributed by atoms with Gasteiger partial charge in [0.2, 0.25) is 0 Å². The Morgan fingerprint density at radius 3 is 2.81 bits per heavy atom. The second-order valence-corrected chi connectivity index (χ2v) is 3.09. The zero-order valence-electron chi connectivity index (χ0n) is 8.29. The number of hydrogen-bond acceptors (Lipinski definition) is 4. The van der Waals surface area contributed by atoms with Crippen LogP contribution in [0.1, 0.15) is 5.69 Å². The predicted octanol–water partition coefficient (Wildman–Crippen LogP) is 1.15. The highest BCUT2D eigenvalue weighted by Gasteiger charge is 1.96. The zero-order valence-corrected chi connectivity index (χ0v) is 8.29. The molecular formula is C11H9N3O2.